The number of rotatable bonds is 14. The molecule has 0 rings (SSSR count). The van der Waals surface area contributed by atoms with Crippen LogP contribution in [0.1, 0.15) is 20.3 Å². The number of hydrogen-bond acceptors (Lipinski definition) is 5. The Morgan fingerprint density at radius 2 is 1.68 bits per heavy atom. The molecule has 0 fully saturated rings. The summed E-state index contributed by atoms with van der Waals surface area (Å²) in [6.45, 7) is 9.54. The number of hydrogen-bond donors (Lipinski definition) is 1. The maximum atomic E-state index is 5.77. The van der Waals surface area contributed by atoms with Crippen LogP contribution in [-0.2, 0) is 18.9 Å². The van der Waals surface area contributed by atoms with E-state index in [0.717, 1.165) is 19.5 Å². The molecule has 0 bridgehead atoms. The van der Waals surface area contributed by atoms with Gasteiger partial charge in [-0.15, -0.1) is 0 Å². The summed E-state index contributed by atoms with van der Waals surface area (Å²) in [5, 5.41) is 3.39. The van der Waals surface area contributed by atoms with Crippen LogP contribution < -0.4 is 5.32 Å². The summed E-state index contributed by atoms with van der Waals surface area (Å²) in [5.41, 5.74) is 0. The van der Waals surface area contributed by atoms with Crippen LogP contribution in [0.4, 0.5) is 0 Å². The first-order valence-electron chi connectivity index (χ1n) is 7.08. The summed E-state index contributed by atoms with van der Waals surface area (Å²) in [4.78, 5) is 0. The molecule has 116 valence electrons. The summed E-state index contributed by atoms with van der Waals surface area (Å²) in [6.07, 6.45) is 1.01. The Morgan fingerprint density at radius 3 is 2.32 bits per heavy atom. The molecule has 0 aromatic rings. The highest BCUT2D eigenvalue weighted by Crippen LogP contribution is 1.96. The molecule has 1 unspecified atom stereocenters. The van der Waals surface area contributed by atoms with Crippen LogP contribution in [0.25, 0.3) is 0 Å². The molecule has 19 heavy (non-hydrogen) atoms. The molecule has 0 radical (unpaired) electrons. The predicted octanol–water partition coefficient (Wildman–Crippen LogP) is 1.32. The average Bonchev–Trinajstić information content (AvgIpc) is 2.37. The zero-order valence-corrected chi connectivity index (χ0v) is 12.9. The first-order chi connectivity index (χ1) is 9.20. The molecule has 0 saturated carbocycles. The second kappa shape index (κ2) is 14.2. The van der Waals surface area contributed by atoms with Gasteiger partial charge in [-0.2, -0.15) is 0 Å². The van der Waals surface area contributed by atoms with Gasteiger partial charge in [0.2, 0.25) is 0 Å². The van der Waals surface area contributed by atoms with E-state index >= 15 is 0 Å². The summed E-state index contributed by atoms with van der Waals surface area (Å²) in [6, 6.07) is 0. The van der Waals surface area contributed by atoms with E-state index in [1.54, 1.807) is 14.2 Å². The maximum absolute atomic E-state index is 5.77. The topological polar surface area (TPSA) is 49.0 Å². The van der Waals surface area contributed by atoms with Crippen LogP contribution in [0, 0.1) is 5.92 Å². The lowest BCUT2D eigenvalue weighted by atomic mass is 10.2. The standard InChI is InChI=1S/C14H31NO4/c1-13(2)10-15-11-14(12-17-4)19-7-5-6-18-9-8-16-3/h13-15H,5-12H2,1-4H3. The van der Waals surface area contributed by atoms with E-state index in [0.29, 0.717) is 39.0 Å². The quantitative estimate of drug-likeness (QED) is 0.485. The van der Waals surface area contributed by atoms with Gasteiger partial charge >= 0.3 is 0 Å². The highest BCUT2D eigenvalue weighted by molar-refractivity contribution is 4.62. The van der Waals surface area contributed by atoms with Crippen molar-refractivity contribution in [3.63, 3.8) is 0 Å². The van der Waals surface area contributed by atoms with Gasteiger partial charge in [-0.25, -0.2) is 0 Å². The van der Waals surface area contributed by atoms with Crippen LogP contribution in [-0.4, -0.2) is 66.4 Å². The third-order valence-corrected chi connectivity index (χ3v) is 2.50. The molecule has 0 heterocycles. The van der Waals surface area contributed by atoms with E-state index in [4.69, 9.17) is 18.9 Å². The van der Waals surface area contributed by atoms with Gasteiger partial charge in [0, 0.05) is 34.0 Å². The number of ether oxygens (including phenoxy) is 4. The lowest BCUT2D eigenvalue weighted by Crippen LogP contribution is -2.34. The summed E-state index contributed by atoms with van der Waals surface area (Å²) in [5.74, 6) is 0.650. The van der Waals surface area contributed by atoms with E-state index in [9.17, 15) is 0 Å². The van der Waals surface area contributed by atoms with E-state index in [-0.39, 0.29) is 6.10 Å². The third-order valence-electron chi connectivity index (χ3n) is 2.50. The first-order valence-corrected chi connectivity index (χ1v) is 7.08. The number of methoxy groups -OCH3 is 2. The molecular formula is C14H31NO4. The fourth-order valence-corrected chi connectivity index (χ4v) is 1.54. The van der Waals surface area contributed by atoms with Crippen LogP contribution in [0.3, 0.4) is 0 Å². The van der Waals surface area contributed by atoms with Gasteiger partial charge in [0.1, 0.15) is 0 Å². The molecule has 0 spiro atoms. The van der Waals surface area contributed by atoms with Crippen molar-refractivity contribution in [2.45, 2.75) is 26.4 Å². The van der Waals surface area contributed by atoms with Gasteiger partial charge in [0.15, 0.2) is 0 Å². The van der Waals surface area contributed by atoms with Gasteiger partial charge in [-0.05, 0) is 18.9 Å². The van der Waals surface area contributed by atoms with Gasteiger partial charge < -0.3 is 24.3 Å². The fraction of sp³-hybridized carbons (Fsp3) is 1.00. The SMILES string of the molecule is COCCOCCCOC(CNCC(C)C)COC. The second-order valence-corrected chi connectivity index (χ2v) is 4.96. The van der Waals surface area contributed by atoms with Crippen molar-refractivity contribution in [2.24, 2.45) is 5.92 Å². The summed E-state index contributed by atoms with van der Waals surface area (Å²) in [7, 11) is 3.37. The molecule has 0 aliphatic rings. The minimum Gasteiger partial charge on any atom is -0.382 e. The molecule has 0 aliphatic heterocycles. The van der Waals surface area contributed by atoms with Crippen molar-refractivity contribution < 1.29 is 18.9 Å². The Labute approximate surface area is 117 Å². The first kappa shape index (κ1) is 18.8. The van der Waals surface area contributed by atoms with Gasteiger partial charge in [-0.1, -0.05) is 13.8 Å². The highest BCUT2D eigenvalue weighted by atomic mass is 16.5. The minimum absolute atomic E-state index is 0.114. The molecule has 0 saturated heterocycles. The van der Waals surface area contributed by atoms with Crippen molar-refractivity contribution in [2.75, 3.05) is 60.3 Å². The summed E-state index contributed by atoms with van der Waals surface area (Å²) >= 11 is 0. The van der Waals surface area contributed by atoms with E-state index in [2.05, 4.69) is 19.2 Å². The lowest BCUT2D eigenvalue weighted by molar-refractivity contribution is -0.0124. The molecule has 0 aromatic heterocycles. The Balaban J connectivity index is 3.47. The molecule has 0 aliphatic carbocycles. The predicted molar refractivity (Wildman–Crippen MR) is 76.6 cm³/mol. The molecule has 0 amide bonds. The van der Waals surface area contributed by atoms with Crippen molar-refractivity contribution in [1.82, 2.24) is 5.32 Å². The fourth-order valence-electron chi connectivity index (χ4n) is 1.54. The molecular weight excluding hydrogens is 246 g/mol. The number of nitrogens with one attached hydrogen (secondary N) is 1. The van der Waals surface area contributed by atoms with E-state index in [1.165, 1.54) is 0 Å². The highest BCUT2D eigenvalue weighted by Gasteiger charge is 2.08. The van der Waals surface area contributed by atoms with Gasteiger partial charge in [0.25, 0.3) is 0 Å². The van der Waals surface area contributed by atoms with Crippen LogP contribution in [0.5, 0.6) is 0 Å². The summed E-state index contributed by atoms with van der Waals surface area (Å²) < 4.78 is 21.2. The Morgan fingerprint density at radius 1 is 0.895 bits per heavy atom. The molecule has 5 nitrogen and oxygen atoms in total. The molecule has 5 heteroatoms. The minimum atomic E-state index is 0.114. The Kier molecular flexibility index (Phi) is 14.1. The Bertz CT molecular complexity index is 179. The molecule has 1 atom stereocenters. The zero-order chi connectivity index (χ0) is 14.3. The van der Waals surface area contributed by atoms with Crippen molar-refractivity contribution in [1.29, 1.82) is 0 Å². The monoisotopic (exact) mass is 277 g/mol. The third kappa shape index (κ3) is 14.0. The second-order valence-electron chi connectivity index (χ2n) is 4.96. The van der Waals surface area contributed by atoms with E-state index in [1.807, 2.05) is 0 Å². The molecule has 0 aromatic carbocycles. The maximum Gasteiger partial charge on any atom is 0.0932 e. The van der Waals surface area contributed by atoms with Crippen LogP contribution in [0.2, 0.25) is 0 Å². The lowest BCUT2D eigenvalue weighted by Gasteiger charge is -2.18. The zero-order valence-electron chi connectivity index (χ0n) is 12.9. The Hall–Kier alpha value is -0.200. The van der Waals surface area contributed by atoms with Gasteiger partial charge in [0.05, 0.1) is 25.9 Å². The molecule has 1 N–H and O–H groups in total. The van der Waals surface area contributed by atoms with E-state index < -0.39 is 0 Å². The van der Waals surface area contributed by atoms with Gasteiger partial charge in [-0.3, -0.25) is 0 Å². The van der Waals surface area contributed by atoms with Crippen LogP contribution >= 0.6 is 0 Å². The van der Waals surface area contributed by atoms with Crippen LogP contribution in [0.15, 0.2) is 0 Å². The van der Waals surface area contributed by atoms with Crippen molar-refractivity contribution in [3.8, 4) is 0 Å². The largest absolute Gasteiger partial charge is 0.382 e. The smallest absolute Gasteiger partial charge is 0.0932 e. The normalized spacial score (nSPS) is 13.1. The average molecular weight is 277 g/mol. The van der Waals surface area contributed by atoms with Crippen molar-refractivity contribution in [3.05, 3.63) is 0 Å². The van der Waals surface area contributed by atoms with Crippen molar-refractivity contribution >= 4 is 0 Å².